The number of halogens is 1. The molecule has 0 amide bonds. The maximum Gasteiger partial charge on any atom is 0.169 e. The van der Waals surface area contributed by atoms with Crippen molar-refractivity contribution in [1.82, 2.24) is 4.90 Å². The van der Waals surface area contributed by atoms with Crippen LogP contribution in [0.25, 0.3) is 0 Å². The molecule has 2 N–H and O–H groups in total. The molecule has 1 fully saturated rings. The zero-order valence-electron chi connectivity index (χ0n) is 11.2. The molecule has 2 rings (SSSR count). The predicted octanol–water partition coefficient (Wildman–Crippen LogP) is 3.55. The molecule has 1 saturated heterocycles. The summed E-state index contributed by atoms with van der Waals surface area (Å²) in [4.78, 5) is 2.49. The molecular formula is C14H23BrN2O. The Kier molecular flexibility index (Phi) is 4.87. The first-order valence-electron chi connectivity index (χ1n) is 6.83. The summed E-state index contributed by atoms with van der Waals surface area (Å²) in [6.45, 7) is 6.71. The van der Waals surface area contributed by atoms with Gasteiger partial charge in [-0.25, -0.2) is 0 Å². The van der Waals surface area contributed by atoms with Gasteiger partial charge in [0.1, 0.15) is 5.76 Å². The van der Waals surface area contributed by atoms with Crippen LogP contribution in [0.2, 0.25) is 0 Å². The molecule has 102 valence electrons. The average Bonchev–Trinajstić information content (AvgIpc) is 2.62. The zero-order chi connectivity index (χ0) is 13.1. The number of furan rings is 1. The normalized spacial score (nSPS) is 26.5. The van der Waals surface area contributed by atoms with E-state index in [1.807, 2.05) is 12.1 Å². The highest BCUT2D eigenvalue weighted by molar-refractivity contribution is 9.10. The quantitative estimate of drug-likeness (QED) is 0.927. The monoisotopic (exact) mass is 314 g/mol. The van der Waals surface area contributed by atoms with Gasteiger partial charge in [-0.3, -0.25) is 4.90 Å². The summed E-state index contributed by atoms with van der Waals surface area (Å²) >= 11 is 3.38. The van der Waals surface area contributed by atoms with Crippen molar-refractivity contribution in [2.45, 2.75) is 45.2 Å². The number of likely N-dealkylation sites (tertiary alicyclic amines) is 1. The largest absolute Gasteiger partial charge is 0.453 e. The minimum absolute atomic E-state index is 0.171. The van der Waals surface area contributed by atoms with Crippen LogP contribution in [0.3, 0.4) is 0 Å². The third-order valence-electron chi connectivity index (χ3n) is 3.52. The van der Waals surface area contributed by atoms with Crippen LogP contribution in [0.5, 0.6) is 0 Å². The second-order valence-electron chi connectivity index (χ2n) is 5.64. The first-order valence-corrected chi connectivity index (χ1v) is 7.62. The van der Waals surface area contributed by atoms with Gasteiger partial charge in [0.05, 0.1) is 6.04 Å². The Hall–Kier alpha value is -0.320. The molecule has 0 spiro atoms. The SMILES string of the molecule is CC(C)CN1CCCCC(N)C1c1ccc(Br)o1. The van der Waals surface area contributed by atoms with Gasteiger partial charge in [-0.1, -0.05) is 20.3 Å². The first kappa shape index (κ1) is 14.1. The van der Waals surface area contributed by atoms with Gasteiger partial charge in [0.25, 0.3) is 0 Å². The van der Waals surface area contributed by atoms with Crippen LogP contribution < -0.4 is 5.73 Å². The third-order valence-corrected chi connectivity index (χ3v) is 3.94. The maximum absolute atomic E-state index is 6.37. The van der Waals surface area contributed by atoms with Gasteiger partial charge in [-0.15, -0.1) is 0 Å². The van der Waals surface area contributed by atoms with Gasteiger partial charge in [0, 0.05) is 12.6 Å². The molecule has 1 aromatic rings. The van der Waals surface area contributed by atoms with Crippen LogP contribution in [0.4, 0.5) is 0 Å². The van der Waals surface area contributed by atoms with Crippen molar-refractivity contribution < 1.29 is 4.42 Å². The lowest BCUT2D eigenvalue weighted by Crippen LogP contribution is -2.41. The third kappa shape index (κ3) is 3.37. The summed E-state index contributed by atoms with van der Waals surface area (Å²) in [5.41, 5.74) is 6.37. The summed E-state index contributed by atoms with van der Waals surface area (Å²) in [5, 5.41) is 0. The fourth-order valence-electron chi connectivity index (χ4n) is 2.81. The van der Waals surface area contributed by atoms with E-state index in [2.05, 4.69) is 34.7 Å². The lowest BCUT2D eigenvalue weighted by atomic mass is 10.0. The Morgan fingerprint density at radius 3 is 2.83 bits per heavy atom. The van der Waals surface area contributed by atoms with Gasteiger partial charge in [-0.2, -0.15) is 0 Å². The molecule has 18 heavy (non-hydrogen) atoms. The topological polar surface area (TPSA) is 42.4 Å². The Morgan fingerprint density at radius 1 is 1.44 bits per heavy atom. The smallest absolute Gasteiger partial charge is 0.169 e. The predicted molar refractivity (Wildman–Crippen MR) is 77.4 cm³/mol. The van der Waals surface area contributed by atoms with Crippen LogP contribution in [-0.2, 0) is 0 Å². The Morgan fingerprint density at radius 2 is 2.22 bits per heavy atom. The molecule has 2 atom stereocenters. The summed E-state index contributed by atoms with van der Waals surface area (Å²) in [6.07, 6.45) is 3.53. The van der Waals surface area contributed by atoms with E-state index in [4.69, 9.17) is 10.2 Å². The van der Waals surface area contributed by atoms with Gasteiger partial charge >= 0.3 is 0 Å². The van der Waals surface area contributed by atoms with E-state index in [0.29, 0.717) is 5.92 Å². The van der Waals surface area contributed by atoms with Crippen LogP contribution in [0, 0.1) is 5.92 Å². The molecular weight excluding hydrogens is 292 g/mol. The lowest BCUT2D eigenvalue weighted by Gasteiger charge is -2.33. The van der Waals surface area contributed by atoms with E-state index >= 15 is 0 Å². The standard InChI is InChI=1S/C14H23BrN2O/c1-10(2)9-17-8-4-3-5-11(16)14(17)12-6-7-13(15)18-12/h6-7,10-11,14H,3-5,8-9,16H2,1-2H3. The molecule has 2 heterocycles. The Labute approximate surface area is 118 Å². The zero-order valence-corrected chi connectivity index (χ0v) is 12.8. The molecule has 0 aromatic carbocycles. The fourth-order valence-corrected chi connectivity index (χ4v) is 3.13. The number of hydrogen-bond donors (Lipinski definition) is 1. The van der Waals surface area contributed by atoms with Crippen molar-refractivity contribution in [1.29, 1.82) is 0 Å². The van der Waals surface area contributed by atoms with Crippen LogP contribution in [-0.4, -0.2) is 24.0 Å². The average molecular weight is 315 g/mol. The molecule has 4 heteroatoms. The highest BCUT2D eigenvalue weighted by Crippen LogP contribution is 2.32. The molecule has 0 radical (unpaired) electrons. The van der Waals surface area contributed by atoms with Gasteiger partial charge in [0.15, 0.2) is 4.67 Å². The van der Waals surface area contributed by atoms with Crippen molar-refractivity contribution in [3.8, 4) is 0 Å². The molecule has 0 saturated carbocycles. The van der Waals surface area contributed by atoms with Crippen LogP contribution in [0.1, 0.15) is 44.9 Å². The number of hydrogen-bond acceptors (Lipinski definition) is 3. The summed E-state index contributed by atoms with van der Waals surface area (Å²) in [5.74, 6) is 1.65. The second-order valence-corrected chi connectivity index (χ2v) is 6.42. The summed E-state index contributed by atoms with van der Waals surface area (Å²) < 4.78 is 6.55. The van der Waals surface area contributed by atoms with E-state index in [0.717, 1.165) is 29.9 Å². The van der Waals surface area contributed by atoms with Crippen molar-refractivity contribution in [2.75, 3.05) is 13.1 Å². The minimum Gasteiger partial charge on any atom is -0.453 e. The Bertz CT molecular complexity index is 378. The molecule has 2 unspecified atom stereocenters. The molecule has 1 aliphatic heterocycles. The number of nitrogens with two attached hydrogens (primary N) is 1. The van der Waals surface area contributed by atoms with Crippen LogP contribution in [0.15, 0.2) is 21.2 Å². The van der Waals surface area contributed by atoms with Crippen molar-refractivity contribution >= 4 is 15.9 Å². The van der Waals surface area contributed by atoms with E-state index in [9.17, 15) is 0 Å². The fraction of sp³-hybridized carbons (Fsp3) is 0.714. The highest BCUT2D eigenvalue weighted by Gasteiger charge is 2.31. The van der Waals surface area contributed by atoms with Crippen molar-refractivity contribution in [2.24, 2.45) is 11.7 Å². The van der Waals surface area contributed by atoms with E-state index in [1.54, 1.807) is 0 Å². The van der Waals surface area contributed by atoms with Crippen LogP contribution >= 0.6 is 15.9 Å². The second kappa shape index (κ2) is 6.22. The van der Waals surface area contributed by atoms with Gasteiger partial charge < -0.3 is 10.2 Å². The maximum atomic E-state index is 6.37. The summed E-state index contributed by atoms with van der Waals surface area (Å²) in [6, 6.07) is 4.40. The van der Waals surface area contributed by atoms with Gasteiger partial charge in [-0.05, 0) is 53.4 Å². The molecule has 0 bridgehead atoms. The van der Waals surface area contributed by atoms with E-state index < -0.39 is 0 Å². The first-order chi connectivity index (χ1) is 8.58. The molecule has 1 aliphatic rings. The summed E-state index contributed by atoms with van der Waals surface area (Å²) in [7, 11) is 0. The van der Waals surface area contributed by atoms with E-state index in [1.165, 1.54) is 12.8 Å². The van der Waals surface area contributed by atoms with Crippen molar-refractivity contribution in [3.63, 3.8) is 0 Å². The van der Waals surface area contributed by atoms with Crippen molar-refractivity contribution in [3.05, 3.63) is 22.6 Å². The molecule has 0 aliphatic carbocycles. The minimum atomic E-state index is 0.171. The highest BCUT2D eigenvalue weighted by atomic mass is 79.9. The van der Waals surface area contributed by atoms with E-state index in [-0.39, 0.29) is 12.1 Å². The number of rotatable bonds is 3. The lowest BCUT2D eigenvalue weighted by molar-refractivity contribution is 0.145. The Balaban J connectivity index is 2.22. The van der Waals surface area contributed by atoms with Gasteiger partial charge in [0.2, 0.25) is 0 Å². The molecule has 3 nitrogen and oxygen atoms in total. The number of nitrogens with zero attached hydrogens (tertiary/aromatic N) is 1. The molecule has 1 aromatic heterocycles.